The normalized spacial score (nSPS) is 16.0. The van der Waals surface area contributed by atoms with Gasteiger partial charge in [0.1, 0.15) is 0 Å². The molecule has 0 aliphatic carbocycles. The number of rotatable bonds is 8. The zero-order valence-corrected chi connectivity index (χ0v) is 11.2. The van der Waals surface area contributed by atoms with Crippen molar-refractivity contribution in [2.24, 2.45) is 0 Å². The Kier molecular flexibility index (Phi) is 8.07. The molecule has 0 amide bonds. The van der Waals surface area contributed by atoms with Crippen LogP contribution in [-0.2, 0) is 0 Å². The molecular weight excluding hydrogens is 186 g/mol. The van der Waals surface area contributed by atoms with Gasteiger partial charge in [0.15, 0.2) is 0 Å². The molecule has 0 saturated carbocycles. The third kappa shape index (κ3) is 4.98. The maximum absolute atomic E-state index is 10.1. The van der Waals surface area contributed by atoms with Gasteiger partial charge in [0.2, 0.25) is 0 Å². The van der Waals surface area contributed by atoms with Crippen molar-refractivity contribution in [3.8, 4) is 0 Å². The second kappa shape index (κ2) is 8.12. The number of aliphatic hydroxyl groups excluding tert-OH is 1. The molecule has 0 bridgehead atoms. The summed E-state index contributed by atoms with van der Waals surface area (Å²) in [4.78, 5) is 2.44. The molecule has 0 spiro atoms. The van der Waals surface area contributed by atoms with Gasteiger partial charge in [-0.3, -0.25) is 4.90 Å². The van der Waals surface area contributed by atoms with Crippen molar-refractivity contribution in [1.29, 1.82) is 0 Å². The lowest BCUT2D eigenvalue weighted by Gasteiger charge is -2.37. The third-order valence-corrected chi connectivity index (χ3v) is 3.02. The minimum Gasteiger partial charge on any atom is -0.391 e. The van der Waals surface area contributed by atoms with Crippen LogP contribution in [0.3, 0.4) is 0 Å². The molecule has 0 radical (unpaired) electrons. The van der Waals surface area contributed by atoms with Gasteiger partial charge >= 0.3 is 0 Å². The Morgan fingerprint density at radius 1 is 1.07 bits per heavy atom. The van der Waals surface area contributed by atoms with Crippen LogP contribution in [0, 0.1) is 0 Å². The van der Waals surface area contributed by atoms with Crippen LogP contribution >= 0.6 is 0 Å². The fourth-order valence-electron chi connectivity index (χ4n) is 2.28. The summed E-state index contributed by atoms with van der Waals surface area (Å²) in [6, 6.07) is 0.867. The Morgan fingerprint density at radius 3 is 2.00 bits per heavy atom. The third-order valence-electron chi connectivity index (χ3n) is 3.02. The smallest absolute Gasteiger partial charge is 0.0695 e. The maximum Gasteiger partial charge on any atom is 0.0695 e. The van der Waals surface area contributed by atoms with Gasteiger partial charge in [0, 0.05) is 12.1 Å². The summed E-state index contributed by atoms with van der Waals surface area (Å²) in [6.07, 6.45) is 4.03. The largest absolute Gasteiger partial charge is 0.391 e. The standard InChI is InChI=1S/C13H29NO/c1-6-9-13(15)12(8-3)14(10-7-2)11(4)5/h11-13,15H,6-10H2,1-5H3. The van der Waals surface area contributed by atoms with Gasteiger partial charge in [0.25, 0.3) is 0 Å². The highest BCUT2D eigenvalue weighted by atomic mass is 16.3. The van der Waals surface area contributed by atoms with Crippen molar-refractivity contribution in [3.05, 3.63) is 0 Å². The molecule has 0 aromatic rings. The van der Waals surface area contributed by atoms with E-state index in [1.807, 2.05) is 0 Å². The minimum atomic E-state index is -0.158. The summed E-state index contributed by atoms with van der Waals surface area (Å²) < 4.78 is 0. The second-order valence-corrected chi connectivity index (χ2v) is 4.66. The summed E-state index contributed by atoms with van der Waals surface area (Å²) in [5, 5.41) is 10.1. The summed E-state index contributed by atoms with van der Waals surface area (Å²) >= 11 is 0. The van der Waals surface area contributed by atoms with E-state index in [2.05, 4.69) is 39.5 Å². The molecule has 1 N–H and O–H groups in total. The number of hydrogen-bond acceptors (Lipinski definition) is 2. The van der Waals surface area contributed by atoms with Gasteiger partial charge in [-0.25, -0.2) is 0 Å². The van der Waals surface area contributed by atoms with Crippen molar-refractivity contribution >= 4 is 0 Å². The Bertz CT molecular complexity index is 147. The van der Waals surface area contributed by atoms with E-state index in [1.54, 1.807) is 0 Å². The van der Waals surface area contributed by atoms with Crippen LogP contribution in [0.25, 0.3) is 0 Å². The molecule has 0 fully saturated rings. The Balaban J connectivity index is 4.42. The highest BCUT2D eigenvalue weighted by Gasteiger charge is 2.24. The Labute approximate surface area is 95.7 Å². The van der Waals surface area contributed by atoms with Crippen LogP contribution < -0.4 is 0 Å². The highest BCUT2D eigenvalue weighted by Crippen LogP contribution is 2.16. The predicted molar refractivity (Wildman–Crippen MR) is 67.1 cm³/mol. The van der Waals surface area contributed by atoms with Crippen molar-refractivity contribution in [1.82, 2.24) is 4.90 Å². The monoisotopic (exact) mass is 215 g/mol. The summed E-state index contributed by atoms with van der Waals surface area (Å²) in [7, 11) is 0. The van der Waals surface area contributed by atoms with Crippen molar-refractivity contribution < 1.29 is 5.11 Å². The number of aliphatic hydroxyl groups is 1. The van der Waals surface area contributed by atoms with Crippen molar-refractivity contribution in [2.75, 3.05) is 6.54 Å². The van der Waals surface area contributed by atoms with E-state index >= 15 is 0 Å². The van der Waals surface area contributed by atoms with E-state index in [4.69, 9.17) is 0 Å². The van der Waals surface area contributed by atoms with Gasteiger partial charge in [-0.1, -0.05) is 27.2 Å². The average Bonchev–Trinajstić information content (AvgIpc) is 2.18. The van der Waals surface area contributed by atoms with Crippen LogP contribution in [-0.4, -0.2) is 34.7 Å². The molecule has 0 rings (SSSR count). The lowest BCUT2D eigenvalue weighted by atomic mass is 10.0. The molecule has 15 heavy (non-hydrogen) atoms. The molecule has 0 aliphatic rings. The first-order valence-electron chi connectivity index (χ1n) is 6.52. The molecule has 0 heterocycles. The fraction of sp³-hybridized carbons (Fsp3) is 1.00. The van der Waals surface area contributed by atoms with E-state index in [9.17, 15) is 5.11 Å². The highest BCUT2D eigenvalue weighted by molar-refractivity contribution is 4.79. The Morgan fingerprint density at radius 2 is 1.67 bits per heavy atom. The van der Waals surface area contributed by atoms with E-state index in [1.165, 1.54) is 0 Å². The molecule has 0 aliphatic heterocycles. The average molecular weight is 215 g/mol. The molecule has 2 atom stereocenters. The summed E-state index contributed by atoms with van der Waals surface area (Å²) in [5.74, 6) is 0. The molecule has 0 aromatic carbocycles. The first-order chi connectivity index (χ1) is 7.08. The molecule has 0 aromatic heterocycles. The van der Waals surface area contributed by atoms with Gasteiger partial charge in [-0.05, 0) is 39.7 Å². The quantitative estimate of drug-likeness (QED) is 0.672. The lowest BCUT2D eigenvalue weighted by molar-refractivity contribution is 0.0242. The molecule has 2 unspecified atom stereocenters. The summed E-state index contributed by atoms with van der Waals surface area (Å²) in [5.41, 5.74) is 0. The number of hydrogen-bond donors (Lipinski definition) is 1. The van der Waals surface area contributed by atoms with E-state index in [-0.39, 0.29) is 6.10 Å². The van der Waals surface area contributed by atoms with Crippen LogP contribution in [0.15, 0.2) is 0 Å². The summed E-state index contributed by atoms with van der Waals surface area (Å²) in [6.45, 7) is 12.0. The topological polar surface area (TPSA) is 23.5 Å². The van der Waals surface area contributed by atoms with Crippen LogP contribution in [0.1, 0.15) is 60.3 Å². The maximum atomic E-state index is 10.1. The molecule has 2 nitrogen and oxygen atoms in total. The zero-order valence-electron chi connectivity index (χ0n) is 11.2. The van der Waals surface area contributed by atoms with Crippen molar-refractivity contribution in [3.63, 3.8) is 0 Å². The molecule has 0 saturated heterocycles. The SMILES string of the molecule is CCCC(O)C(CC)N(CCC)C(C)C. The second-order valence-electron chi connectivity index (χ2n) is 4.66. The minimum absolute atomic E-state index is 0.158. The van der Waals surface area contributed by atoms with Crippen molar-refractivity contribution in [2.45, 2.75) is 78.5 Å². The van der Waals surface area contributed by atoms with Gasteiger partial charge in [-0.2, -0.15) is 0 Å². The van der Waals surface area contributed by atoms with E-state index in [0.717, 1.165) is 32.2 Å². The molecule has 92 valence electrons. The van der Waals surface area contributed by atoms with E-state index < -0.39 is 0 Å². The lowest BCUT2D eigenvalue weighted by Crippen LogP contribution is -2.47. The van der Waals surface area contributed by atoms with Crippen LogP contribution in [0.5, 0.6) is 0 Å². The van der Waals surface area contributed by atoms with E-state index in [0.29, 0.717) is 12.1 Å². The van der Waals surface area contributed by atoms with Crippen LogP contribution in [0.4, 0.5) is 0 Å². The van der Waals surface area contributed by atoms with Gasteiger partial charge < -0.3 is 5.11 Å². The van der Waals surface area contributed by atoms with Crippen LogP contribution in [0.2, 0.25) is 0 Å². The zero-order chi connectivity index (χ0) is 11.8. The molecular formula is C13H29NO. The first kappa shape index (κ1) is 14.9. The fourth-order valence-corrected chi connectivity index (χ4v) is 2.28. The predicted octanol–water partition coefficient (Wildman–Crippen LogP) is 3.05. The number of nitrogens with zero attached hydrogens (tertiary/aromatic N) is 1. The molecule has 2 heteroatoms. The first-order valence-corrected chi connectivity index (χ1v) is 6.52. The van der Waals surface area contributed by atoms with Gasteiger partial charge in [-0.15, -0.1) is 0 Å². The van der Waals surface area contributed by atoms with Gasteiger partial charge in [0.05, 0.1) is 6.10 Å². The Hall–Kier alpha value is -0.0800.